The monoisotopic (exact) mass is 290 g/mol. The van der Waals surface area contributed by atoms with E-state index in [1.807, 2.05) is 24.3 Å². The van der Waals surface area contributed by atoms with E-state index in [0.29, 0.717) is 18.9 Å². The molecule has 1 aliphatic rings. The van der Waals surface area contributed by atoms with E-state index >= 15 is 0 Å². The second-order valence-electron chi connectivity index (χ2n) is 5.83. The van der Waals surface area contributed by atoms with Gasteiger partial charge in [0.25, 0.3) is 0 Å². The van der Waals surface area contributed by atoms with Crippen LogP contribution in [0.4, 0.5) is 0 Å². The van der Waals surface area contributed by atoms with Crippen molar-refractivity contribution in [1.29, 1.82) is 0 Å². The van der Waals surface area contributed by atoms with E-state index in [1.165, 1.54) is 0 Å². The van der Waals surface area contributed by atoms with Crippen molar-refractivity contribution in [3.8, 4) is 5.75 Å². The van der Waals surface area contributed by atoms with Gasteiger partial charge in [-0.3, -0.25) is 4.79 Å². The molecule has 0 radical (unpaired) electrons. The predicted octanol–water partition coefficient (Wildman–Crippen LogP) is 2.61. The van der Waals surface area contributed by atoms with Crippen molar-refractivity contribution in [1.82, 2.24) is 5.32 Å². The molecule has 2 atom stereocenters. The first-order valence-electron chi connectivity index (χ1n) is 7.93. The van der Waals surface area contributed by atoms with Gasteiger partial charge in [-0.2, -0.15) is 0 Å². The molecule has 4 heteroatoms. The SMILES string of the molecule is CCCOc1ccc(CNC(=O)C[C@@H]2CCC[C@H]2N)cc1. The Morgan fingerprint density at radius 1 is 1.33 bits per heavy atom. The Bertz CT molecular complexity index is 445. The van der Waals surface area contributed by atoms with Crippen LogP contribution in [-0.4, -0.2) is 18.6 Å². The second kappa shape index (κ2) is 8.03. The number of rotatable bonds is 7. The number of nitrogens with one attached hydrogen (secondary N) is 1. The second-order valence-corrected chi connectivity index (χ2v) is 5.83. The highest BCUT2D eigenvalue weighted by atomic mass is 16.5. The van der Waals surface area contributed by atoms with Gasteiger partial charge in [-0.1, -0.05) is 25.5 Å². The van der Waals surface area contributed by atoms with Gasteiger partial charge in [-0.25, -0.2) is 0 Å². The summed E-state index contributed by atoms with van der Waals surface area (Å²) in [6.07, 6.45) is 4.84. The van der Waals surface area contributed by atoms with Gasteiger partial charge in [0.2, 0.25) is 5.91 Å². The number of ether oxygens (including phenoxy) is 1. The van der Waals surface area contributed by atoms with Crippen molar-refractivity contribution in [3.63, 3.8) is 0 Å². The first kappa shape index (κ1) is 15.8. The number of benzene rings is 1. The van der Waals surface area contributed by atoms with Crippen molar-refractivity contribution >= 4 is 5.91 Å². The minimum Gasteiger partial charge on any atom is -0.494 e. The average Bonchev–Trinajstić information content (AvgIpc) is 2.89. The van der Waals surface area contributed by atoms with Crippen molar-refractivity contribution in [2.24, 2.45) is 11.7 Å². The fraction of sp³-hybridized carbons (Fsp3) is 0.588. The van der Waals surface area contributed by atoms with Gasteiger partial charge in [-0.15, -0.1) is 0 Å². The quantitative estimate of drug-likeness (QED) is 0.811. The van der Waals surface area contributed by atoms with Crippen LogP contribution in [0.25, 0.3) is 0 Å². The largest absolute Gasteiger partial charge is 0.494 e. The lowest BCUT2D eigenvalue weighted by atomic mass is 10.00. The molecule has 0 bridgehead atoms. The lowest BCUT2D eigenvalue weighted by Crippen LogP contribution is -2.31. The van der Waals surface area contributed by atoms with Gasteiger partial charge in [0.1, 0.15) is 5.75 Å². The summed E-state index contributed by atoms with van der Waals surface area (Å²) < 4.78 is 5.53. The van der Waals surface area contributed by atoms with Crippen molar-refractivity contribution in [3.05, 3.63) is 29.8 Å². The molecule has 1 fully saturated rings. The Labute approximate surface area is 127 Å². The molecular formula is C17H26N2O2. The van der Waals surface area contributed by atoms with Gasteiger partial charge < -0.3 is 15.8 Å². The smallest absolute Gasteiger partial charge is 0.220 e. The zero-order chi connectivity index (χ0) is 15.1. The molecule has 0 heterocycles. The van der Waals surface area contributed by atoms with Gasteiger partial charge in [-0.05, 0) is 42.9 Å². The maximum atomic E-state index is 11.9. The molecule has 0 aliphatic heterocycles. The summed E-state index contributed by atoms with van der Waals surface area (Å²) in [6.45, 7) is 3.38. The van der Waals surface area contributed by atoms with Crippen LogP contribution in [-0.2, 0) is 11.3 Å². The topological polar surface area (TPSA) is 64.3 Å². The van der Waals surface area contributed by atoms with Gasteiger partial charge >= 0.3 is 0 Å². The number of carbonyl (C=O) groups is 1. The maximum absolute atomic E-state index is 11.9. The lowest BCUT2D eigenvalue weighted by Gasteiger charge is -2.14. The molecule has 4 nitrogen and oxygen atoms in total. The van der Waals surface area contributed by atoms with Crippen LogP contribution < -0.4 is 15.8 Å². The Morgan fingerprint density at radius 2 is 2.10 bits per heavy atom. The fourth-order valence-corrected chi connectivity index (χ4v) is 2.75. The molecule has 0 unspecified atom stereocenters. The zero-order valence-electron chi connectivity index (χ0n) is 12.8. The normalized spacial score (nSPS) is 21.2. The third kappa shape index (κ3) is 5.05. The third-order valence-electron chi connectivity index (χ3n) is 4.05. The number of nitrogens with two attached hydrogens (primary N) is 1. The maximum Gasteiger partial charge on any atom is 0.220 e. The van der Waals surface area contributed by atoms with Crippen LogP contribution in [0.1, 0.15) is 44.6 Å². The summed E-state index contributed by atoms with van der Waals surface area (Å²) in [4.78, 5) is 11.9. The molecule has 2 rings (SSSR count). The third-order valence-corrected chi connectivity index (χ3v) is 4.05. The Hall–Kier alpha value is -1.55. The van der Waals surface area contributed by atoms with Crippen LogP contribution in [0.2, 0.25) is 0 Å². The average molecular weight is 290 g/mol. The standard InChI is InChI=1S/C17H26N2O2/c1-2-10-21-15-8-6-13(7-9-15)12-19-17(20)11-14-4-3-5-16(14)18/h6-9,14,16H,2-5,10-12,18H2,1H3,(H,19,20)/t14-,16+/m0/s1. The van der Waals surface area contributed by atoms with Crippen molar-refractivity contribution in [2.45, 2.75) is 51.6 Å². The molecule has 0 saturated heterocycles. The van der Waals surface area contributed by atoms with E-state index in [1.54, 1.807) is 0 Å². The molecule has 1 amide bonds. The van der Waals surface area contributed by atoms with E-state index < -0.39 is 0 Å². The summed E-state index contributed by atoms with van der Waals surface area (Å²) in [5.41, 5.74) is 7.08. The molecule has 1 saturated carbocycles. The summed E-state index contributed by atoms with van der Waals surface area (Å²) in [6, 6.07) is 8.08. The molecular weight excluding hydrogens is 264 g/mol. The summed E-state index contributed by atoms with van der Waals surface area (Å²) in [5, 5.41) is 2.97. The van der Waals surface area contributed by atoms with Crippen LogP contribution in [0.3, 0.4) is 0 Å². The Balaban J connectivity index is 1.73. The van der Waals surface area contributed by atoms with Crippen LogP contribution >= 0.6 is 0 Å². The Kier molecular flexibility index (Phi) is 6.05. The molecule has 116 valence electrons. The summed E-state index contributed by atoms with van der Waals surface area (Å²) in [7, 11) is 0. The predicted molar refractivity (Wildman–Crippen MR) is 84.0 cm³/mol. The summed E-state index contributed by atoms with van der Waals surface area (Å²) >= 11 is 0. The molecule has 21 heavy (non-hydrogen) atoms. The van der Waals surface area contributed by atoms with Gasteiger partial charge in [0.05, 0.1) is 6.61 Å². The number of hydrogen-bond donors (Lipinski definition) is 2. The van der Waals surface area contributed by atoms with Crippen molar-refractivity contribution < 1.29 is 9.53 Å². The lowest BCUT2D eigenvalue weighted by molar-refractivity contribution is -0.122. The molecule has 3 N–H and O–H groups in total. The molecule has 0 spiro atoms. The first-order chi connectivity index (χ1) is 10.2. The van der Waals surface area contributed by atoms with E-state index in [4.69, 9.17) is 10.5 Å². The molecule has 1 aliphatic carbocycles. The highest BCUT2D eigenvalue weighted by Gasteiger charge is 2.25. The zero-order valence-corrected chi connectivity index (χ0v) is 12.8. The summed E-state index contributed by atoms with van der Waals surface area (Å²) in [5.74, 6) is 1.34. The van der Waals surface area contributed by atoms with Gasteiger partial charge in [0.15, 0.2) is 0 Å². The van der Waals surface area contributed by atoms with E-state index in [0.717, 1.165) is 43.6 Å². The first-order valence-corrected chi connectivity index (χ1v) is 7.93. The number of amides is 1. The molecule has 1 aromatic rings. The van der Waals surface area contributed by atoms with Crippen LogP contribution in [0.15, 0.2) is 24.3 Å². The minimum atomic E-state index is 0.101. The highest BCUT2D eigenvalue weighted by Crippen LogP contribution is 2.26. The highest BCUT2D eigenvalue weighted by molar-refractivity contribution is 5.76. The number of hydrogen-bond acceptors (Lipinski definition) is 3. The minimum absolute atomic E-state index is 0.101. The van der Waals surface area contributed by atoms with Crippen LogP contribution in [0.5, 0.6) is 5.75 Å². The van der Waals surface area contributed by atoms with E-state index in [-0.39, 0.29) is 11.9 Å². The molecule has 0 aromatic heterocycles. The molecule has 1 aromatic carbocycles. The fourth-order valence-electron chi connectivity index (χ4n) is 2.75. The van der Waals surface area contributed by atoms with E-state index in [9.17, 15) is 4.79 Å². The Morgan fingerprint density at radius 3 is 2.71 bits per heavy atom. The van der Waals surface area contributed by atoms with E-state index in [2.05, 4.69) is 12.2 Å². The van der Waals surface area contributed by atoms with Crippen LogP contribution in [0, 0.1) is 5.92 Å². The van der Waals surface area contributed by atoms with Gasteiger partial charge in [0, 0.05) is 19.0 Å². The van der Waals surface area contributed by atoms with Crippen molar-refractivity contribution in [2.75, 3.05) is 6.61 Å². The number of carbonyl (C=O) groups excluding carboxylic acids is 1.